The third-order valence-electron chi connectivity index (χ3n) is 2.63. The van der Waals surface area contributed by atoms with Gasteiger partial charge in [0.15, 0.2) is 11.6 Å². The van der Waals surface area contributed by atoms with Crippen molar-refractivity contribution in [3.63, 3.8) is 0 Å². The molecule has 0 bridgehead atoms. The van der Waals surface area contributed by atoms with Crippen LogP contribution in [0.1, 0.15) is 11.1 Å². The standard InChI is InChI=1S/C12H14N4O2/c1-7-4-3-5-8(2)10(7)16-11(13)9(6-15-16)18-12(14)17/h3-6H,13H2,1-2H3,(H2,14,17). The summed E-state index contributed by atoms with van der Waals surface area (Å²) in [5.41, 5.74) is 13.8. The Morgan fingerprint density at radius 1 is 1.33 bits per heavy atom. The van der Waals surface area contributed by atoms with Crippen molar-refractivity contribution in [2.45, 2.75) is 13.8 Å². The molecule has 0 spiro atoms. The number of aromatic nitrogens is 2. The molecule has 0 aliphatic carbocycles. The van der Waals surface area contributed by atoms with Crippen molar-refractivity contribution < 1.29 is 9.53 Å². The predicted molar refractivity (Wildman–Crippen MR) is 67.7 cm³/mol. The Kier molecular flexibility index (Phi) is 2.93. The average molecular weight is 246 g/mol. The van der Waals surface area contributed by atoms with Gasteiger partial charge in [0.05, 0.1) is 11.9 Å². The van der Waals surface area contributed by atoms with Gasteiger partial charge in [0.25, 0.3) is 0 Å². The fourth-order valence-electron chi connectivity index (χ4n) is 1.85. The third kappa shape index (κ3) is 2.00. The lowest BCUT2D eigenvalue weighted by atomic mass is 10.1. The number of hydrogen-bond donors (Lipinski definition) is 2. The van der Waals surface area contributed by atoms with Gasteiger partial charge in [-0.1, -0.05) is 18.2 Å². The minimum Gasteiger partial charge on any atom is -0.405 e. The summed E-state index contributed by atoms with van der Waals surface area (Å²) < 4.78 is 6.29. The summed E-state index contributed by atoms with van der Waals surface area (Å²) in [6, 6.07) is 5.87. The molecular weight excluding hydrogens is 232 g/mol. The number of anilines is 1. The fraction of sp³-hybridized carbons (Fsp3) is 0.167. The highest BCUT2D eigenvalue weighted by Crippen LogP contribution is 2.27. The number of amides is 1. The molecule has 0 saturated heterocycles. The molecule has 18 heavy (non-hydrogen) atoms. The van der Waals surface area contributed by atoms with Crippen molar-refractivity contribution >= 4 is 11.9 Å². The van der Waals surface area contributed by atoms with Crippen molar-refractivity contribution in [2.75, 3.05) is 5.73 Å². The van der Waals surface area contributed by atoms with Gasteiger partial charge in [0.2, 0.25) is 0 Å². The zero-order chi connectivity index (χ0) is 13.3. The Bertz CT molecular complexity index is 584. The summed E-state index contributed by atoms with van der Waals surface area (Å²) in [5.74, 6) is 0.399. The Labute approximate surface area is 104 Å². The Balaban J connectivity index is 2.52. The summed E-state index contributed by atoms with van der Waals surface area (Å²) in [6.45, 7) is 3.91. The van der Waals surface area contributed by atoms with Gasteiger partial charge >= 0.3 is 6.09 Å². The van der Waals surface area contributed by atoms with Gasteiger partial charge < -0.3 is 16.2 Å². The van der Waals surface area contributed by atoms with Gasteiger partial charge in [-0.15, -0.1) is 0 Å². The fourth-order valence-corrected chi connectivity index (χ4v) is 1.85. The molecule has 2 rings (SSSR count). The normalized spacial score (nSPS) is 10.3. The molecule has 0 radical (unpaired) electrons. The van der Waals surface area contributed by atoms with E-state index in [-0.39, 0.29) is 11.6 Å². The maximum absolute atomic E-state index is 10.7. The second-order valence-corrected chi connectivity index (χ2v) is 3.97. The molecule has 94 valence electrons. The number of carbonyl (C=O) groups excluding carboxylic acids is 1. The zero-order valence-corrected chi connectivity index (χ0v) is 10.2. The molecule has 0 unspecified atom stereocenters. The van der Waals surface area contributed by atoms with E-state index < -0.39 is 6.09 Å². The highest BCUT2D eigenvalue weighted by atomic mass is 16.5. The molecule has 6 heteroatoms. The van der Waals surface area contributed by atoms with Gasteiger partial charge in [-0.25, -0.2) is 9.48 Å². The van der Waals surface area contributed by atoms with Crippen molar-refractivity contribution in [1.82, 2.24) is 9.78 Å². The number of rotatable bonds is 2. The molecule has 1 amide bonds. The van der Waals surface area contributed by atoms with E-state index in [0.29, 0.717) is 0 Å². The molecular formula is C12H14N4O2. The molecule has 1 aromatic carbocycles. The largest absolute Gasteiger partial charge is 0.410 e. The average Bonchev–Trinajstić information content (AvgIpc) is 2.61. The second kappa shape index (κ2) is 4.40. The maximum atomic E-state index is 10.7. The molecule has 6 nitrogen and oxygen atoms in total. The molecule has 0 atom stereocenters. The smallest absolute Gasteiger partial charge is 0.405 e. The second-order valence-electron chi connectivity index (χ2n) is 3.97. The number of para-hydroxylation sites is 1. The van der Waals surface area contributed by atoms with E-state index in [4.69, 9.17) is 16.2 Å². The van der Waals surface area contributed by atoms with Gasteiger partial charge in [-0.2, -0.15) is 5.10 Å². The molecule has 4 N–H and O–H groups in total. The number of nitrogens with two attached hydrogens (primary N) is 2. The van der Waals surface area contributed by atoms with Gasteiger partial charge in [0, 0.05) is 0 Å². The molecule has 1 aromatic heterocycles. The number of primary amides is 1. The van der Waals surface area contributed by atoms with Crippen LogP contribution in [0.4, 0.5) is 10.6 Å². The van der Waals surface area contributed by atoms with Crippen LogP contribution in [0.2, 0.25) is 0 Å². The monoisotopic (exact) mass is 246 g/mol. The maximum Gasteiger partial charge on any atom is 0.410 e. The summed E-state index contributed by atoms with van der Waals surface area (Å²) in [7, 11) is 0. The van der Waals surface area contributed by atoms with E-state index >= 15 is 0 Å². The van der Waals surface area contributed by atoms with Gasteiger partial charge in [0.1, 0.15) is 0 Å². The van der Waals surface area contributed by atoms with Crippen LogP contribution in [-0.2, 0) is 0 Å². The van der Waals surface area contributed by atoms with Crippen molar-refractivity contribution in [3.8, 4) is 11.4 Å². The lowest BCUT2D eigenvalue weighted by Crippen LogP contribution is -2.17. The minimum absolute atomic E-state index is 0.158. The van der Waals surface area contributed by atoms with Crippen molar-refractivity contribution in [2.24, 2.45) is 5.73 Å². The first-order valence-electron chi connectivity index (χ1n) is 5.38. The number of carbonyl (C=O) groups is 1. The number of nitrogen functional groups attached to an aromatic ring is 1. The van der Waals surface area contributed by atoms with E-state index in [1.165, 1.54) is 10.9 Å². The first-order valence-corrected chi connectivity index (χ1v) is 5.38. The van der Waals surface area contributed by atoms with Crippen LogP contribution in [-0.4, -0.2) is 15.9 Å². The number of nitrogens with zero attached hydrogens (tertiary/aromatic N) is 2. The van der Waals surface area contributed by atoms with Crippen LogP contribution in [0.15, 0.2) is 24.4 Å². The first kappa shape index (κ1) is 12.0. The summed E-state index contributed by atoms with van der Waals surface area (Å²) in [5, 5.41) is 4.12. The van der Waals surface area contributed by atoms with Crippen LogP contribution in [0.5, 0.6) is 5.75 Å². The molecule has 0 aliphatic rings. The highest BCUT2D eigenvalue weighted by molar-refractivity contribution is 5.70. The topological polar surface area (TPSA) is 96.2 Å². The quantitative estimate of drug-likeness (QED) is 0.839. The van der Waals surface area contributed by atoms with E-state index in [2.05, 4.69) is 5.10 Å². The van der Waals surface area contributed by atoms with E-state index in [0.717, 1.165) is 16.8 Å². The van der Waals surface area contributed by atoms with Crippen LogP contribution >= 0.6 is 0 Å². The first-order chi connectivity index (χ1) is 8.50. The zero-order valence-electron chi connectivity index (χ0n) is 10.2. The highest BCUT2D eigenvalue weighted by Gasteiger charge is 2.14. The van der Waals surface area contributed by atoms with Crippen LogP contribution in [0, 0.1) is 13.8 Å². The Hall–Kier alpha value is -2.50. The van der Waals surface area contributed by atoms with Crippen molar-refractivity contribution in [1.29, 1.82) is 0 Å². The molecule has 0 fully saturated rings. The summed E-state index contributed by atoms with van der Waals surface area (Å²) in [4.78, 5) is 10.7. The Morgan fingerprint density at radius 2 is 1.94 bits per heavy atom. The summed E-state index contributed by atoms with van der Waals surface area (Å²) >= 11 is 0. The van der Waals surface area contributed by atoms with Crippen LogP contribution in [0.25, 0.3) is 5.69 Å². The predicted octanol–water partition coefficient (Wildman–Crippen LogP) is 1.53. The van der Waals surface area contributed by atoms with Crippen molar-refractivity contribution in [3.05, 3.63) is 35.5 Å². The molecule has 1 heterocycles. The third-order valence-corrected chi connectivity index (χ3v) is 2.63. The van der Waals surface area contributed by atoms with Crippen LogP contribution < -0.4 is 16.2 Å². The van der Waals surface area contributed by atoms with E-state index in [9.17, 15) is 4.79 Å². The van der Waals surface area contributed by atoms with E-state index in [1.807, 2.05) is 32.0 Å². The lowest BCUT2D eigenvalue weighted by molar-refractivity contribution is 0.211. The number of ether oxygens (including phenoxy) is 1. The van der Waals surface area contributed by atoms with E-state index in [1.54, 1.807) is 0 Å². The Morgan fingerprint density at radius 3 is 2.50 bits per heavy atom. The number of hydrogen-bond acceptors (Lipinski definition) is 4. The molecule has 0 aliphatic heterocycles. The minimum atomic E-state index is -0.914. The van der Waals surface area contributed by atoms with Gasteiger partial charge in [-0.05, 0) is 25.0 Å². The number of benzene rings is 1. The van der Waals surface area contributed by atoms with Gasteiger partial charge in [-0.3, -0.25) is 0 Å². The lowest BCUT2D eigenvalue weighted by Gasteiger charge is -2.11. The molecule has 0 saturated carbocycles. The van der Waals surface area contributed by atoms with Crippen LogP contribution in [0.3, 0.4) is 0 Å². The molecule has 2 aromatic rings. The number of aryl methyl sites for hydroxylation is 2. The SMILES string of the molecule is Cc1cccc(C)c1-n1ncc(OC(N)=O)c1N. The summed E-state index contributed by atoms with van der Waals surface area (Å²) in [6.07, 6.45) is 0.453.